The van der Waals surface area contributed by atoms with Crippen LogP contribution in [0.2, 0.25) is 0 Å². The quantitative estimate of drug-likeness (QED) is 0.484. The lowest BCUT2D eigenvalue weighted by atomic mass is 10.1. The number of hydrogen-bond acceptors (Lipinski definition) is 3. The molecule has 0 saturated heterocycles. The van der Waals surface area contributed by atoms with Crippen LogP contribution < -0.4 is 14.8 Å². The van der Waals surface area contributed by atoms with Crippen LogP contribution in [0.4, 0.5) is 39.5 Å². The summed E-state index contributed by atoms with van der Waals surface area (Å²) in [5.41, 5.74) is -2.84. The molecule has 0 fully saturated rings. The van der Waals surface area contributed by atoms with Gasteiger partial charge in [-0.2, -0.15) is 13.2 Å². The molecule has 164 valence electrons. The fraction of sp³-hybridized carbons (Fsp3) is 0.438. The average Bonchev–Trinajstić information content (AvgIpc) is 2.49. The van der Waals surface area contributed by atoms with Gasteiger partial charge in [-0.3, -0.25) is 4.79 Å². The number of carbonyl (C=O) groups excluding carboxylic acids is 1. The molecule has 0 saturated carbocycles. The summed E-state index contributed by atoms with van der Waals surface area (Å²) in [4.78, 5) is 11.6. The maximum atomic E-state index is 13.1. The van der Waals surface area contributed by atoms with Crippen LogP contribution in [-0.4, -0.2) is 25.2 Å². The molecule has 0 aromatic heterocycles. The number of benzene rings is 1. The molecule has 0 aliphatic heterocycles. The van der Waals surface area contributed by atoms with Crippen molar-refractivity contribution in [2.75, 3.05) is 6.54 Å². The Bertz CT molecular complexity index is 750. The van der Waals surface area contributed by atoms with E-state index in [1.165, 1.54) is 0 Å². The van der Waals surface area contributed by atoms with Crippen molar-refractivity contribution >= 4 is 12.0 Å². The predicted octanol–water partition coefficient (Wildman–Crippen LogP) is 5.29. The Morgan fingerprint density at radius 1 is 1.00 bits per heavy atom. The molecule has 29 heavy (non-hydrogen) atoms. The summed E-state index contributed by atoms with van der Waals surface area (Å²) in [6.45, 7) is 3.71. The third kappa shape index (κ3) is 8.96. The van der Waals surface area contributed by atoms with E-state index >= 15 is 0 Å². The van der Waals surface area contributed by atoms with Gasteiger partial charge in [0.25, 0.3) is 0 Å². The van der Waals surface area contributed by atoms with Crippen LogP contribution in [0, 0.1) is 5.92 Å². The second-order valence-corrected chi connectivity index (χ2v) is 5.96. The van der Waals surface area contributed by atoms with Gasteiger partial charge >= 0.3 is 18.9 Å². The molecule has 0 heterocycles. The summed E-state index contributed by atoms with van der Waals surface area (Å²) in [5.74, 6) is -4.81. The Hall–Kier alpha value is -2.60. The molecule has 1 amide bonds. The van der Waals surface area contributed by atoms with Crippen LogP contribution in [0.1, 0.15) is 25.0 Å². The Balaban J connectivity index is 3.45. The van der Waals surface area contributed by atoms with E-state index < -0.39 is 47.4 Å². The minimum absolute atomic E-state index is 0.0368. The van der Waals surface area contributed by atoms with Gasteiger partial charge in [0.2, 0.25) is 5.91 Å². The molecule has 13 heteroatoms. The van der Waals surface area contributed by atoms with Gasteiger partial charge in [0, 0.05) is 12.6 Å². The van der Waals surface area contributed by atoms with Gasteiger partial charge in [0.15, 0.2) is 11.5 Å². The number of halogens is 9. The van der Waals surface area contributed by atoms with Gasteiger partial charge in [-0.25, -0.2) is 0 Å². The molecule has 0 atom stereocenters. The van der Waals surface area contributed by atoms with Crippen LogP contribution in [0.5, 0.6) is 11.5 Å². The van der Waals surface area contributed by atoms with Gasteiger partial charge in [-0.05, 0) is 29.7 Å². The topological polar surface area (TPSA) is 47.6 Å². The molecule has 0 aliphatic rings. The summed E-state index contributed by atoms with van der Waals surface area (Å²) in [6, 6.07) is 0.326. The molecular weight excluding hydrogens is 425 g/mol. The molecule has 0 radical (unpaired) electrons. The Labute approximate surface area is 158 Å². The number of alkyl halides is 9. The van der Waals surface area contributed by atoms with Gasteiger partial charge in [-0.15, -0.1) is 26.3 Å². The van der Waals surface area contributed by atoms with E-state index in [-0.39, 0.29) is 24.6 Å². The zero-order valence-corrected chi connectivity index (χ0v) is 14.7. The van der Waals surface area contributed by atoms with Crippen LogP contribution in [0.15, 0.2) is 18.2 Å². The molecule has 1 rings (SSSR count). The first-order valence-corrected chi connectivity index (χ1v) is 7.70. The van der Waals surface area contributed by atoms with E-state index in [1.807, 2.05) is 0 Å². The molecule has 1 aromatic rings. The minimum atomic E-state index is -5.72. The zero-order valence-electron chi connectivity index (χ0n) is 14.7. The van der Waals surface area contributed by atoms with Gasteiger partial charge in [0.05, 0.1) is 0 Å². The van der Waals surface area contributed by atoms with Crippen LogP contribution in [0.25, 0.3) is 6.08 Å². The fourth-order valence-corrected chi connectivity index (χ4v) is 1.89. The lowest BCUT2D eigenvalue weighted by Gasteiger charge is -2.20. The summed E-state index contributed by atoms with van der Waals surface area (Å²) in [6.07, 6.45) is -15.5. The van der Waals surface area contributed by atoms with Crippen LogP contribution in [-0.2, 0) is 11.0 Å². The Kier molecular flexibility index (Phi) is 7.43. The number of carbonyl (C=O) groups is 1. The maximum absolute atomic E-state index is 13.1. The summed E-state index contributed by atoms with van der Waals surface area (Å²) < 4.78 is 121. The third-order valence-electron chi connectivity index (χ3n) is 2.94. The second-order valence-electron chi connectivity index (χ2n) is 5.96. The highest BCUT2D eigenvalue weighted by Crippen LogP contribution is 2.46. The minimum Gasteiger partial charge on any atom is -0.402 e. The van der Waals surface area contributed by atoms with Crippen molar-refractivity contribution in [3.63, 3.8) is 0 Å². The van der Waals surface area contributed by atoms with E-state index in [0.717, 1.165) is 0 Å². The van der Waals surface area contributed by atoms with Crippen molar-refractivity contribution in [2.45, 2.75) is 32.7 Å². The van der Waals surface area contributed by atoms with Crippen LogP contribution in [0.3, 0.4) is 0 Å². The lowest BCUT2D eigenvalue weighted by Crippen LogP contribution is -2.25. The first-order chi connectivity index (χ1) is 13.0. The highest BCUT2D eigenvalue weighted by molar-refractivity contribution is 5.91. The standard InChI is InChI=1S/C16H14F9NO3/c1-8(2)7-26-12(27)4-3-9-5-10(14(17,18)19)13(29-16(23,24)25)11(6-9)28-15(20,21)22/h3-6,8H,7H2,1-2H3,(H,26,27)/b4-3+. The normalized spacial score (nSPS) is 13.1. The lowest BCUT2D eigenvalue weighted by molar-refractivity contribution is -0.288. The number of nitrogens with one attached hydrogen (secondary N) is 1. The Morgan fingerprint density at radius 2 is 1.55 bits per heavy atom. The molecule has 0 bridgehead atoms. The first kappa shape index (κ1) is 24.4. The van der Waals surface area contributed by atoms with E-state index in [4.69, 9.17) is 0 Å². The van der Waals surface area contributed by atoms with Crippen LogP contribution >= 0.6 is 0 Å². The highest BCUT2D eigenvalue weighted by Gasteiger charge is 2.43. The zero-order chi connectivity index (χ0) is 22.6. The van der Waals surface area contributed by atoms with Crippen molar-refractivity contribution < 1.29 is 53.8 Å². The molecular formula is C16H14F9NO3. The number of rotatable bonds is 6. The summed E-state index contributed by atoms with van der Waals surface area (Å²) in [7, 11) is 0. The maximum Gasteiger partial charge on any atom is 0.573 e. The van der Waals surface area contributed by atoms with Gasteiger partial charge in [-0.1, -0.05) is 13.8 Å². The van der Waals surface area contributed by atoms with E-state index in [9.17, 15) is 44.3 Å². The fourth-order valence-electron chi connectivity index (χ4n) is 1.89. The third-order valence-corrected chi connectivity index (χ3v) is 2.94. The molecule has 1 aromatic carbocycles. The van der Waals surface area contributed by atoms with E-state index in [1.54, 1.807) is 13.8 Å². The SMILES string of the molecule is CC(C)CNC(=O)/C=C/c1cc(OC(F)(F)F)c(OC(F)(F)F)c(C(F)(F)F)c1. The van der Waals surface area contributed by atoms with Crippen molar-refractivity contribution in [1.29, 1.82) is 0 Å². The largest absolute Gasteiger partial charge is 0.573 e. The second kappa shape index (κ2) is 8.82. The monoisotopic (exact) mass is 439 g/mol. The predicted molar refractivity (Wildman–Crippen MR) is 81.7 cm³/mol. The average molecular weight is 439 g/mol. The van der Waals surface area contributed by atoms with E-state index in [0.29, 0.717) is 12.2 Å². The van der Waals surface area contributed by atoms with Gasteiger partial charge < -0.3 is 14.8 Å². The van der Waals surface area contributed by atoms with Gasteiger partial charge in [0.1, 0.15) is 5.56 Å². The molecule has 1 N–H and O–H groups in total. The number of ether oxygens (including phenoxy) is 2. The van der Waals surface area contributed by atoms with Crippen molar-refractivity contribution in [1.82, 2.24) is 5.32 Å². The molecule has 0 spiro atoms. The smallest absolute Gasteiger partial charge is 0.402 e. The van der Waals surface area contributed by atoms with Crippen molar-refractivity contribution in [3.05, 3.63) is 29.3 Å². The Morgan fingerprint density at radius 3 is 2.00 bits per heavy atom. The summed E-state index contributed by atoms with van der Waals surface area (Å²) >= 11 is 0. The first-order valence-electron chi connectivity index (χ1n) is 7.70. The van der Waals surface area contributed by atoms with Crippen molar-refractivity contribution in [2.24, 2.45) is 5.92 Å². The number of amides is 1. The highest BCUT2D eigenvalue weighted by atomic mass is 19.4. The molecule has 4 nitrogen and oxygen atoms in total. The summed E-state index contributed by atoms with van der Waals surface area (Å²) in [5, 5.41) is 2.36. The molecule has 0 unspecified atom stereocenters. The number of hydrogen-bond donors (Lipinski definition) is 1. The van der Waals surface area contributed by atoms with Crippen molar-refractivity contribution in [3.8, 4) is 11.5 Å². The molecule has 0 aliphatic carbocycles. The van der Waals surface area contributed by atoms with E-state index in [2.05, 4.69) is 14.8 Å².